The molecule has 13 heavy (non-hydrogen) atoms. The average Bonchev–Trinajstić information content (AvgIpc) is 2.42. The highest BCUT2D eigenvalue weighted by Crippen LogP contribution is 2.29. The van der Waals surface area contributed by atoms with Crippen LogP contribution in [0.15, 0.2) is 18.2 Å². The van der Waals surface area contributed by atoms with Crippen molar-refractivity contribution in [3.63, 3.8) is 0 Å². The zero-order valence-electron chi connectivity index (χ0n) is 9.37. The first-order valence-corrected chi connectivity index (χ1v) is 3.51. The van der Waals surface area contributed by atoms with Crippen molar-refractivity contribution in [2.45, 2.75) is 0 Å². The lowest BCUT2D eigenvalue weighted by atomic mass is 10.1. The molecule has 0 spiro atoms. The zero-order chi connectivity index (χ0) is 12.1. The predicted molar refractivity (Wildman–Crippen MR) is 44.1 cm³/mol. The molecule has 2 rings (SSSR count). The molecule has 1 aromatic rings. The van der Waals surface area contributed by atoms with Gasteiger partial charge in [-0.25, -0.2) is 4.39 Å². The second kappa shape index (κ2) is 2.39. The van der Waals surface area contributed by atoms with Crippen molar-refractivity contribution in [3.8, 4) is 0 Å². The van der Waals surface area contributed by atoms with Crippen LogP contribution in [0.1, 0.15) is 14.5 Å². The summed E-state index contributed by atoms with van der Waals surface area (Å²) in [4.78, 5) is 23.0. The van der Waals surface area contributed by atoms with E-state index in [4.69, 9.17) is 4.11 Å². The standard InChI is InChI=1S/C9H6FNO2/c1-11-7-5(8(12)9(11)13)3-2-4-6(7)10/h2-4H,1H3/i1D3. The number of ketones is 1. The number of fused-ring (bicyclic) bond motifs is 1. The second-order valence-corrected chi connectivity index (χ2v) is 2.61. The van der Waals surface area contributed by atoms with Crippen LogP contribution in [0.3, 0.4) is 0 Å². The maximum atomic E-state index is 13.4. The molecule has 0 fully saturated rings. The van der Waals surface area contributed by atoms with E-state index in [0.29, 0.717) is 0 Å². The fourth-order valence-electron chi connectivity index (χ4n) is 1.24. The molecule has 1 heterocycles. The number of benzene rings is 1. The Morgan fingerprint density at radius 1 is 1.46 bits per heavy atom. The summed E-state index contributed by atoms with van der Waals surface area (Å²) in [5.74, 6) is -3.11. The number of Topliss-reactive ketones (excluding diaryl/α,β-unsaturated/α-hetero) is 1. The molecule has 0 unspecified atom stereocenters. The van der Waals surface area contributed by atoms with E-state index in [1.165, 1.54) is 12.1 Å². The summed E-state index contributed by atoms with van der Waals surface area (Å²) in [6, 6.07) is 3.48. The number of hydrogen-bond donors (Lipinski definition) is 0. The van der Waals surface area contributed by atoms with Gasteiger partial charge in [-0.05, 0) is 12.1 Å². The summed E-state index contributed by atoms with van der Waals surface area (Å²) >= 11 is 0. The van der Waals surface area contributed by atoms with Crippen LogP contribution >= 0.6 is 0 Å². The summed E-state index contributed by atoms with van der Waals surface area (Å²) in [5, 5.41) is 0. The number of likely N-dealkylation sites (N-methyl/N-ethyl adjacent to an activating group) is 1. The molecule has 3 nitrogen and oxygen atoms in total. The number of halogens is 1. The molecule has 0 bridgehead atoms. The third-order valence-electron chi connectivity index (χ3n) is 1.85. The highest BCUT2D eigenvalue weighted by Gasteiger charge is 2.35. The normalized spacial score (nSPS) is 19.5. The Labute approximate surface area is 78.0 Å². The van der Waals surface area contributed by atoms with Crippen molar-refractivity contribution in [1.29, 1.82) is 0 Å². The Balaban J connectivity index is 2.70. The average molecular weight is 182 g/mol. The van der Waals surface area contributed by atoms with Crippen molar-refractivity contribution in [2.24, 2.45) is 0 Å². The maximum absolute atomic E-state index is 13.4. The van der Waals surface area contributed by atoms with Crippen LogP contribution in [-0.2, 0) is 4.79 Å². The Hall–Kier alpha value is -1.71. The maximum Gasteiger partial charge on any atom is 0.299 e. The monoisotopic (exact) mass is 182 g/mol. The molecule has 1 amide bonds. The molecule has 0 saturated heterocycles. The summed E-state index contributed by atoms with van der Waals surface area (Å²) < 4.78 is 34.7. The van der Waals surface area contributed by atoms with Crippen molar-refractivity contribution < 1.29 is 18.1 Å². The van der Waals surface area contributed by atoms with E-state index in [1.54, 1.807) is 0 Å². The van der Waals surface area contributed by atoms with E-state index < -0.39 is 30.2 Å². The Kier molecular flexibility index (Phi) is 0.939. The van der Waals surface area contributed by atoms with Gasteiger partial charge in [-0.2, -0.15) is 0 Å². The predicted octanol–water partition coefficient (Wildman–Crippen LogP) is 0.985. The van der Waals surface area contributed by atoms with Gasteiger partial charge in [0.2, 0.25) is 0 Å². The van der Waals surface area contributed by atoms with E-state index in [-0.39, 0.29) is 10.5 Å². The second-order valence-electron chi connectivity index (χ2n) is 2.61. The van der Waals surface area contributed by atoms with Gasteiger partial charge in [0.25, 0.3) is 11.7 Å². The lowest BCUT2D eigenvalue weighted by molar-refractivity contribution is -0.114. The minimum absolute atomic E-state index is 0.207. The van der Waals surface area contributed by atoms with Gasteiger partial charge in [0, 0.05) is 11.1 Å². The highest BCUT2D eigenvalue weighted by atomic mass is 19.1. The van der Waals surface area contributed by atoms with E-state index in [2.05, 4.69) is 0 Å². The SMILES string of the molecule is [2H]C([2H])([2H])N1C(=O)C(=O)c2cccc(F)c21. The minimum Gasteiger partial charge on any atom is -0.305 e. The van der Waals surface area contributed by atoms with Crippen LogP contribution in [0.2, 0.25) is 0 Å². The molecule has 1 aliphatic heterocycles. The topological polar surface area (TPSA) is 37.4 Å². The van der Waals surface area contributed by atoms with Gasteiger partial charge >= 0.3 is 0 Å². The third kappa shape index (κ3) is 0.884. The van der Waals surface area contributed by atoms with Gasteiger partial charge in [-0.3, -0.25) is 9.59 Å². The molecular weight excluding hydrogens is 173 g/mol. The Morgan fingerprint density at radius 3 is 2.92 bits per heavy atom. The first-order chi connectivity index (χ1) is 7.34. The van der Waals surface area contributed by atoms with Crippen LogP contribution in [-0.4, -0.2) is 18.7 Å². The Morgan fingerprint density at radius 2 is 2.23 bits per heavy atom. The van der Waals surface area contributed by atoms with E-state index in [9.17, 15) is 14.0 Å². The molecule has 0 aromatic heterocycles. The van der Waals surface area contributed by atoms with Crippen LogP contribution in [0.5, 0.6) is 0 Å². The number of carbonyl (C=O) groups is 2. The highest BCUT2D eigenvalue weighted by molar-refractivity contribution is 6.52. The molecule has 0 N–H and O–H groups in total. The van der Waals surface area contributed by atoms with Crippen molar-refractivity contribution in [3.05, 3.63) is 29.6 Å². The number of hydrogen-bond acceptors (Lipinski definition) is 2. The summed E-state index contributed by atoms with van der Waals surface area (Å²) in [7, 11) is 0. The number of para-hydroxylation sites is 1. The van der Waals surface area contributed by atoms with Gasteiger partial charge in [0.15, 0.2) is 0 Å². The molecule has 1 aliphatic rings. The zero-order valence-corrected chi connectivity index (χ0v) is 6.37. The van der Waals surface area contributed by atoms with Gasteiger partial charge < -0.3 is 4.90 Å². The lowest BCUT2D eigenvalue weighted by Crippen LogP contribution is -2.25. The molecule has 66 valence electrons. The van der Waals surface area contributed by atoms with Crippen LogP contribution in [0.4, 0.5) is 10.1 Å². The number of rotatable bonds is 0. The van der Waals surface area contributed by atoms with Crippen molar-refractivity contribution in [2.75, 3.05) is 11.9 Å². The molecular formula is C9H6FNO2. The van der Waals surface area contributed by atoms with Crippen LogP contribution in [0, 0.1) is 5.82 Å². The molecule has 0 saturated carbocycles. The largest absolute Gasteiger partial charge is 0.305 e. The quantitative estimate of drug-likeness (QED) is 0.561. The van der Waals surface area contributed by atoms with Crippen molar-refractivity contribution >= 4 is 17.4 Å². The minimum atomic E-state index is -2.86. The van der Waals surface area contributed by atoms with Gasteiger partial charge in [-0.1, -0.05) is 6.07 Å². The molecule has 0 radical (unpaired) electrons. The third-order valence-corrected chi connectivity index (χ3v) is 1.85. The first kappa shape index (κ1) is 5.11. The molecule has 4 heteroatoms. The van der Waals surface area contributed by atoms with E-state index in [0.717, 1.165) is 6.07 Å². The lowest BCUT2D eigenvalue weighted by Gasteiger charge is -2.08. The molecule has 0 atom stereocenters. The van der Waals surface area contributed by atoms with E-state index in [1.807, 2.05) is 0 Å². The fourth-order valence-corrected chi connectivity index (χ4v) is 1.24. The Bertz CT molecular complexity index is 498. The van der Waals surface area contributed by atoms with Gasteiger partial charge in [-0.15, -0.1) is 0 Å². The van der Waals surface area contributed by atoms with Crippen molar-refractivity contribution in [1.82, 2.24) is 0 Å². The summed E-state index contributed by atoms with van der Waals surface area (Å²) in [5.41, 5.74) is -0.668. The van der Waals surface area contributed by atoms with Gasteiger partial charge in [0.05, 0.1) is 11.3 Å². The number of anilines is 1. The number of carbonyl (C=O) groups excluding carboxylic acids is 2. The summed E-state index contributed by atoms with van der Waals surface area (Å²) in [6.07, 6.45) is 0. The van der Waals surface area contributed by atoms with Crippen LogP contribution in [0.25, 0.3) is 0 Å². The van der Waals surface area contributed by atoms with E-state index >= 15 is 0 Å². The smallest absolute Gasteiger partial charge is 0.299 e. The number of nitrogens with zero attached hydrogens (tertiary/aromatic N) is 1. The van der Waals surface area contributed by atoms with Gasteiger partial charge in [0.1, 0.15) is 5.82 Å². The van der Waals surface area contributed by atoms with Crippen LogP contribution < -0.4 is 4.90 Å². The first-order valence-electron chi connectivity index (χ1n) is 5.01. The molecule has 1 aromatic carbocycles. The fraction of sp³-hybridized carbons (Fsp3) is 0.111. The molecule has 0 aliphatic carbocycles. The summed E-state index contributed by atoms with van der Waals surface area (Å²) in [6.45, 7) is -2.86. The number of amides is 1.